The van der Waals surface area contributed by atoms with Crippen molar-refractivity contribution in [2.45, 2.75) is 6.42 Å². The molecule has 1 heteroatoms. The van der Waals surface area contributed by atoms with Gasteiger partial charge in [-0.05, 0) is 23.3 Å². The molecule has 0 fully saturated rings. The molecule has 3 rings (SSSR count). The molecular formula is C17H14O. The van der Waals surface area contributed by atoms with Gasteiger partial charge in [0.1, 0.15) is 5.58 Å². The molecule has 0 radical (unpaired) electrons. The van der Waals surface area contributed by atoms with E-state index in [-0.39, 0.29) is 0 Å². The van der Waals surface area contributed by atoms with E-state index in [1.54, 1.807) is 6.08 Å². The molecule has 0 saturated heterocycles. The molecule has 0 saturated carbocycles. The normalized spacial score (nSPS) is 11.6. The highest BCUT2D eigenvalue weighted by Gasteiger charge is 2.08. The SMILES string of the molecule is C=CC=CCc1coc2ccc3ccccc3c12. The standard InChI is InChI=1S/C17H14O/c1-2-3-4-8-14-12-18-16-11-10-13-7-5-6-9-15(13)17(14)16/h2-7,9-12H,1,8H2. The van der Waals surface area contributed by atoms with E-state index in [2.05, 4.69) is 43.0 Å². The summed E-state index contributed by atoms with van der Waals surface area (Å²) in [6.07, 6.45) is 8.57. The summed E-state index contributed by atoms with van der Waals surface area (Å²) in [5.41, 5.74) is 2.18. The summed E-state index contributed by atoms with van der Waals surface area (Å²) in [7, 11) is 0. The van der Waals surface area contributed by atoms with E-state index in [9.17, 15) is 0 Å². The van der Waals surface area contributed by atoms with E-state index in [0.29, 0.717) is 0 Å². The van der Waals surface area contributed by atoms with Crippen LogP contribution in [-0.2, 0) is 6.42 Å². The number of allylic oxidation sites excluding steroid dienone is 3. The molecule has 88 valence electrons. The first-order valence-electron chi connectivity index (χ1n) is 6.05. The van der Waals surface area contributed by atoms with Crippen LogP contribution in [0.1, 0.15) is 5.56 Å². The van der Waals surface area contributed by atoms with Crippen molar-refractivity contribution in [3.05, 3.63) is 73.0 Å². The highest BCUT2D eigenvalue weighted by Crippen LogP contribution is 2.30. The summed E-state index contributed by atoms with van der Waals surface area (Å²) < 4.78 is 5.63. The lowest BCUT2D eigenvalue weighted by Crippen LogP contribution is -1.80. The summed E-state index contributed by atoms with van der Waals surface area (Å²) in [6.45, 7) is 3.68. The van der Waals surface area contributed by atoms with Gasteiger partial charge in [-0.1, -0.05) is 55.1 Å². The Kier molecular flexibility index (Phi) is 2.73. The monoisotopic (exact) mass is 234 g/mol. The van der Waals surface area contributed by atoms with Gasteiger partial charge in [-0.3, -0.25) is 0 Å². The third-order valence-corrected chi connectivity index (χ3v) is 3.15. The number of benzene rings is 2. The van der Waals surface area contributed by atoms with Gasteiger partial charge in [0.15, 0.2) is 0 Å². The molecule has 0 atom stereocenters. The molecule has 18 heavy (non-hydrogen) atoms. The van der Waals surface area contributed by atoms with Crippen molar-refractivity contribution < 1.29 is 4.42 Å². The quantitative estimate of drug-likeness (QED) is 0.589. The predicted molar refractivity (Wildman–Crippen MR) is 76.8 cm³/mol. The Balaban J connectivity index is 2.23. The first kappa shape index (κ1) is 10.8. The number of fused-ring (bicyclic) bond motifs is 3. The largest absolute Gasteiger partial charge is 0.464 e. The van der Waals surface area contributed by atoms with Crippen LogP contribution in [0.5, 0.6) is 0 Å². The molecule has 3 aromatic rings. The first-order chi connectivity index (χ1) is 8.90. The molecule has 0 unspecified atom stereocenters. The molecule has 0 aliphatic carbocycles. The van der Waals surface area contributed by atoms with Crippen LogP contribution >= 0.6 is 0 Å². The summed E-state index contributed by atoms with van der Waals surface area (Å²) in [6, 6.07) is 12.5. The molecule has 0 N–H and O–H groups in total. The molecule has 0 spiro atoms. The van der Waals surface area contributed by atoms with Gasteiger partial charge in [0.05, 0.1) is 6.26 Å². The second-order valence-electron chi connectivity index (χ2n) is 4.29. The van der Waals surface area contributed by atoms with E-state index in [1.165, 1.54) is 21.7 Å². The molecule has 0 aliphatic rings. The number of furan rings is 1. The highest BCUT2D eigenvalue weighted by atomic mass is 16.3. The van der Waals surface area contributed by atoms with Crippen LogP contribution in [0.3, 0.4) is 0 Å². The molecule has 1 aromatic heterocycles. The van der Waals surface area contributed by atoms with Crippen LogP contribution in [-0.4, -0.2) is 0 Å². The highest BCUT2D eigenvalue weighted by molar-refractivity contribution is 6.07. The lowest BCUT2D eigenvalue weighted by molar-refractivity contribution is 0.612. The van der Waals surface area contributed by atoms with Gasteiger partial charge in [-0.2, -0.15) is 0 Å². The van der Waals surface area contributed by atoms with E-state index in [0.717, 1.165) is 12.0 Å². The Hall–Kier alpha value is -2.28. The second kappa shape index (κ2) is 4.53. The molecule has 0 bridgehead atoms. The van der Waals surface area contributed by atoms with E-state index >= 15 is 0 Å². The zero-order valence-corrected chi connectivity index (χ0v) is 10.1. The minimum atomic E-state index is 0.868. The van der Waals surface area contributed by atoms with E-state index in [1.807, 2.05) is 18.4 Å². The van der Waals surface area contributed by atoms with Gasteiger partial charge in [0.2, 0.25) is 0 Å². The summed E-state index contributed by atoms with van der Waals surface area (Å²) in [5, 5.41) is 3.73. The van der Waals surface area contributed by atoms with Gasteiger partial charge in [-0.25, -0.2) is 0 Å². The minimum Gasteiger partial charge on any atom is -0.464 e. The average molecular weight is 234 g/mol. The van der Waals surface area contributed by atoms with Crippen LogP contribution in [0, 0.1) is 0 Å². The van der Waals surface area contributed by atoms with Crippen molar-refractivity contribution in [3.63, 3.8) is 0 Å². The Labute approximate surface area is 106 Å². The van der Waals surface area contributed by atoms with Gasteiger partial charge in [0.25, 0.3) is 0 Å². The lowest BCUT2D eigenvalue weighted by Gasteiger charge is -2.00. The maximum Gasteiger partial charge on any atom is 0.134 e. The number of hydrogen-bond donors (Lipinski definition) is 0. The van der Waals surface area contributed by atoms with Crippen molar-refractivity contribution in [1.82, 2.24) is 0 Å². The summed E-state index contributed by atoms with van der Waals surface area (Å²) >= 11 is 0. The fourth-order valence-electron chi connectivity index (χ4n) is 2.32. The molecule has 0 aliphatic heterocycles. The summed E-state index contributed by atoms with van der Waals surface area (Å²) in [4.78, 5) is 0. The van der Waals surface area contributed by atoms with Gasteiger partial charge in [-0.15, -0.1) is 0 Å². The minimum absolute atomic E-state index is 0.868. The molecule has 1 nitrogen and oxygen atoms in total. The van der Waals surface area contributed by atoms with Crippen molar-refractivity contribution in [3.8, 4) is 0 Å². The maximum atomic E-state index is 5.63. The first-order valence-corrected chi connectivity index (χ1v) is 6.05. The van der Waals surface area contributed by atoms with E-state index < -0.39 is 0 Å². The van der Waals surface area contributed by atoms with Crippen molar-refractivity contribution in [2.24, 2.45) is 0 Å². The zero-order valence-electron chi connectivity index (χ0n) is 10.1. The smallest absolute Gasteiger partial charge is 0.134 e. The third-order valence-electron chi connectivity index (χ3n) is 3.15. The topological polar surface area (TPSA) is 13.1 Å². The third kappa shape index (κ3) is 1.74. The van der Waals surface area contributed by atoms with Crippen molar-refractivity contribution in [2.75, 3.05) is 0 Å². The predicted octanol–water partition coefficient (Wildman–Crippen LogP) is 4.87. The fourth-order valence-corrected chi connectivity index (χ4v) is 2.32. The number of hydrogen-bond acceptors (Lipinski definition) is 1. The Morgan fingerprint density at radius 3 is 2.89 bits per heavy atom. The van der Waals surface area contributed by atoms with Gasteiger partial charge < -0.3 is 4.42 Å². The Morgan fingerprint density at radius 2 is 2.00 bits per heavy atom. The van der Waals surface area contributed by atoms with Crippen LogP contribution in [0.2, 0.25) is 0 Å². The molecule has 0 amide bonds. The lowest BCUT2D eigenvalue weighted by atomic mass is 10.0. The van der Waals surface area contributed by atoms with Crippen molar-refractivity contribution >= 4 is 21.7 Å². The van der Waals surface area contributed by atoms with Crippen LogP contribution in [0.4, 0.5) is 0 Å². The van der Waals surface area contributed by atoms with Crippen LogP contribution in [0.15, 0.2) is 71.9 Å². The maximum absolute atomic E-state index is 5.63. The Bertz CT molecular complexity index is 732. The van der Waals surface area contributed by atoms with Gasteiger partial charge >= 0.3 is 0 Å². The summed E-state index contributed by atoms with van der Waals surface area (Å²) in [5.74, 6) is 0. The zero-order chi connectivity index (χ0) is 12.4. The average Bonchev–Trinajstić information content (AvgIpc) is 2.83. The van der Waals surface area contributed by atoms with Crippen LogP contribution < -0.4 is 0 Å². The fraction of sp³-hybridized carbons (Fsp3) is 0.0588. The Morgan fingerprint density at radius 1 is 1.11 bits per heavy atom. The molecule has 2 aromatic carbocycles. The van der Waals surface area contributed by atoms with Crippen molar-refractivity contribution in [1.29, 1.82) is 0 Å². The number of rotatable bonds is 3. The van der Waals surface area contributed by atoms with Crippen LogP contribution in [0.25, 0.3) is 21.7 Å². The molecule has 1 heterocycles. The van der Waals surface area contributed by atoms with Gasteiger partial charge in [0, 0.05) is 10.9 Å². The second-order valence-corrected chi connectivity index (χ2v) is 4.29. The molecular weight excluding hydrogens is 220 g/mol. The van der Waals surface area contributed by atoms with E-state index in [4.69, 9.17) is 4.42 Å².